The molecule has 0 radical (unpaired) electrons. The summed E-state index contributed by atoms with van der Waals surface area (Å²) >= 11 is 1.71. The van der Waals surface area contributed by atoms with E-state index < -0.39 is 9.52 Å². The van der Waals surface area contributed by atoms with Gasteiger partial charge < -0.3 is 9.64 Å². The van der Waals surface area contributed by atoms with Crippen LogP contribution < -0.4 is 9.64 Å². The molecule has 0 aliphatic carbocycles. The highest BCUT2D eigenvalue weighted by atomic mass is 32.2. The van der Waals surface area contributed by atoms with E-state index in [4.69, 9.17) is 4.74 Å². The van der Waals surface area contributed by atoms with E-state index in [2.05, 4.69) is 39.8 Å². The average molecular weight is 471 g/mol. The van der Waals surface area contributed by atoms with Crippen LogP contribution in [-0.2, 0) is 9.52 Å². The van der Waals surface area contributed by atoms with Crippen LogP contribution >= 0.6 is 11.3 Å². The third-order valence-corrected chi connectivity index (χ3v) is 8.23. The van der Waals surface area contributed by atoms with Crippen molar-refractivity contribution in [2.45, 2.75) is 37.5 Å². The van der Waals surface area contributed by atoms with Gasteiger partial charge in [0.25, 0.3) is 0 Å². The Balaban J connectivity index is 1.27. The van der Waals surface area contributed by atoms with E-state index in [0.29, 0.717) is 18.4 Å². The first-order chi connectivity index (χ1) is 15.3. The number of aromatic nitrogens is 3. The molecule has 1 aromatic carbocycles. The quantitative estimate of drug-likeness (QED) is 0.465. The molecule has 6 nitrogen and oxygen atoms in total. The molecule has 1 atom stereocenters. The summed E-state index contributed by atoms with van der Waals surface area (Å²) in [4.78, 5) is 7.63. The maximum atomic E-state index is 12.0. The lowest BCUT2D eigenvalue weighted by Gasteiger charge is -2.31. The van der Waals surface area contributed by atoms with Gasteiger partial charge in [-0.15, -0.1) is 10.2 Å². The molecular formula is C24H30N4O2S2. The van der Waals surface area contributed by atoms with Gasteiger partial charge in [0.2, 0.25) is 5.13 Å². The number of hydrogen-bond acceptors (Lipinski definition) is 7. The third-order valence-electron chi connectivity index (χ3n) is 5.68. The van der Waals surface area contributed by atoms with Crippen LogP contribution in [0.15, 0.2) is 47.5 Å². The number of ether oxygens (including phenoxy) is 1. The molecule has 0 bridgehead atoms. The molecule has 0 N–H and O–H groups in total. The molecule has 170 valence electrons. The van der Waals surface area contributed by atoms with Gasteiger partial charge in [0, 0.05) is 35.7 Å². The van der Waals surface area contributed by atoms with Gasteiger partial charge in [0.15, 0.2) is 0 Å². The number of hydrogen-bond donors (Lipinski definition) is 0. The van der Waals surface area contributed by atoms with Gasteiger partial charge in [-0.05, 0) is 58.4 Å². The van der Waals surface area contributed by atoms with Crippen LogP contribution in [0.5, 0.6) is 5.75 Å². The van der Waals surface area contributed by atoms with Crippen molar-refractivity contribution in [1.29, 1.82) is 0 Å². The highest BCUT2D eigenvalue weighted by Crippen LogP contribution is 2.29. The highest BCUT2D eigenvalue weighted by Gasteiger charge is 2.23. The number of rotatable bonds is 7. The minimum atomic E-state index is -2.20. The molecule has 3 aromatic rings. The van der Waals surface area contributed by atoms with Gasteiger partial charge in [-0.25, -0.2) is 0 Å². The first kappa shape index (κ1) is 22.7. The van der Waals surface area contributed by atoms with E-state index in [1.54, 1.807) is 23.8 Å². The Kier molecular flexibility index (Phi) is 6.81. The Morgan fingerprint density at radius 1 is 1.16 bits per heavy atom. The first-order valence-corrected chi connectivity index (χ1v) is 13.8. The second kappa shape index (κ2) is 9.58. The van der Waals surface area contributed by atoms with E-state index >= 15 is 0 Å². The van der Waals surface area contributed by atoms with Crippen molar-refractivity contribution in [3.63, 3.8) is 0 Å². The maximum Gasteiger partial charge on any atom is 0.208 e. The van der Waals surface area contributed by atoms with Gasteiger partial charge in [0.05, 0.1) is 18.5 Å². The fourth-order valence-electron chi connectivity index (χ4n) is 3.64. The van der Waals surface area contributed by atoms with Gasteiger partial charge >= 0.3 is 0 Å². The molecule has 0 amide bonds. The van der Waals surface area contributed by atoms with Crippen molar-refractivity contribution in [2.24, 2.45) is 5.92 Å². The van der Waals surface area contributed by atoms with E-state index in [9.17, 15) is 4.21 Å². The summed E-state index contributed by atoms with van der Waals surface area (Å²) in [6.45, 7) is 6.99. The van der Waals surface area contributed by atoms with Crippen molar-refractivity contribution in [2.75, 3.05) is 30.9 Å². The minimum Gasteiger partial charge on any atom is -0.492 e. The predicted octanol–water partition coefficient (Wildman–Crippen LogP) is 4.72. The molecule has 1 unspecified atom stereocenters. The molecule has 32 heavy (non-hydrogen) atoms. The number of piperidine rings is 1. The van der Waals surface area contributed by atoms with E-state index in [-0.39, 0.29) is 0 Å². The Bertz CT molecular complexity index is 1130. The van der Waals surface area contributed by atoms with Crippen LogP contribution in [0, 0.1) is 5.92 Å². The molecule has 1 saturated heterocycles. The molecule has 8 heteroatoms. The Morgan fingerprint density at radius 2 is 1.88 bits per heavy atom. The normalized spacial score (nSPS) is 16.8. The van der Waals surface area contributed by atoms with Crippen LogP contribution in [0.2, 0.25) is 0 Å². The van der Waals surface area contributed by atoms with Crippen LogP contribution in [0.4, 0.5) is 5.13 Å². The molecule has 2 aromatic heterocycles. The smallest absolute Gasteiger partial charge is 0.208 e. The zero-order valence-electron chi connectivity index (χ0n) is 18.9. The van der Waals surface area contributed by atoms with Gasteiger partial charge in [0.1, 0.15) is 10.8 Å². The minimum absolute atomic E-state index is 0.426. The summed E-state index contributed by atoms with van der Waals surface area (Å²) in [6, 6.07) is 11.5. The zero-order valence-corrected chi connectivity index (χ0v) is 20.5. The summed E-state index contributed by atoms with van der Waals surface area (Å²) in [6.07, 6.45) is 5.59. The van der Waals surface area contributed by atoms with Crippen molar-refractivity contribution in [3.05, 3.63) is 47.6 Å². The maximum absolute atomic E-state index is 12.0. The molecule has 1 fully saturated rings. The largest absolute Gasteiger partial charge is 0.492 e. The molecular weight excluding hydrogens is 440 g/mol. The predicted molar refractivity (Wildman–Crippen MR) is 134 cm³/mol. The fourth-order valence-corrected chi connectivity index (χ4v) is 5.25. The summed E-state index contributed by atoms with van der Waals surface area (Å²) in [5.74, 6) is 5.47. The summed E-state index contributed by atoms with van der Waals surface area (Å²) < 4.78 is 18.1. The lowest BCUT2D eigenvalue weighted by Crippen LogP contribution is -2.35. The average Bonchev–Trinajstić information content (AvgIpc) is 3.29. The molecule has 0 saturated carbocycles. The Morgan fingerprint density at radius 3 is 2.44 bits per heavy atom. The van der Waals surface area contributed by atoms with E-state index in [0.717, 1.165) is 58.0 Å². The summed E-state index contributed by atoms with van der Waals surface area (Å²) in [5.41, 5.74) is 1.84. The van der Waals surface area contributed by atoms with Crippen molar-refractivity contribution >= 4 is 31.9 Å². The summed E-state index contributed by atoms with van der Waals surface area (Å²) in [7, 11) is -2.20. The lowest BCUT2D eigenvalue weighted by molar-refractivity contribution is 0.222. The van der Waals surface area contributed by atoms with Crippen molar-refractivity contribution < 1.29 is 8.95 Å². The number of pyridine rings is 1. The van der Waals surface area contributed by atoms with Crippen LogP contribution in [0.25, 0.3) is 11.3 Å². The van der Waals surface area contributed by atoms with Crippen LogP contribution in [0.1, 0.15) is 37.6 Å². The lowest BCUT2D eigenvalue weighted by atomic mass is 9.98. The highest BCUT2D eigenvalue weighted by molar-refractivity contribution is 7.99. The Labute approximate surface area is 194 Å². The van der Waals surface area contributed by atoms with Gasteiger partial charge in [-0.2, -0.15) is 0 Å². The zero-order chi connectivity index (χ0) is 22.7. The van der Waals surface area contributed by atoms with Crippen LogP contribution in [-0.4, -0.2) is 51.2 Å². The molecule has 4 rings (SSSR count). The SMILES string of the molecule is C=S(C)(=O)c1ccc(-c2ccc(OCC3CCN(c4nnc(C(C)C)s4)CC3)cn2)cc1. The van der Waals surface area contributed by atoms with Crippen molar-refractivity contribution in [1.82, 2.24) is 15.2 Å². The van der Waals surface area contributed by atoms with E-state index in [1.807, 2.05) is 36.4 Å². The standard InChI is InChI=1S/C24H30N4O2S2/c1-17(2)23-26-27-24(31-23)28-13-11-18(12-14-28)16-30-20-7-10-22(25-15-20)19-5-8-21(9-6-19)32(3,4)29/h5-10,15,17-18H,3,11-14,16H2,1-2,4H3. The second-order valence-corrected chi connectivity index (χ2v) is 12.2. The van der Waals surface area contributed by atoms with Gasteiger partial charge in [-0.1, -0.05) is 37.3 Å². The number of benzene rings is 1. The Hall–Kier alpha value is -2.45. The topological polar surface area (TPSA) is 68.2 Å². The molecule has 1 aliphatic heterocycles. The molecule has 1 aliphatic rings. The third kappa shape index (κ3) is 5.48. The molecule has 3 heterocycles. The summed E-state index contributed by atoms with van der Waals surface area (Å²) in [5, 5.41) is 10.8. The van der Waals surface area contributed by atoms with Crippen LogP contribution in [0.3, 0.4) is 0 Å². The van der Waals surface area contributed by atoms with E-state index in [1.165, 1.54) is 0 Å². The first-order valence-electron chi connectivity index (χ1n) is 10.9. The second-order valence-electron chi connectivity index (χ2n) is 8.73. The monoisotopic (exact) mass is 470 g/mol. The molecule has 0 spiro atoms. The van der Waals surface area contributed by atoms with Gasteiger partial charge in [-0.3, -0.25) is 9.19 Å². The number of anilines is 1. The number of nitrogens with zero attached hydrogens (tertiary/aromatic N) is 4. The van der Waals surface area contributed by atoms with Crippen molar-refractivity contribution in [3.8, 4) is 17.0 Å². The fraction of sp³-hybridized carbons (Fsp3) is 0.417.